The van der Waals surface area contributed by atoms with Crippen molar-refractivity contribution in [1.82, 2.24) is 9.78 Å². The number of carbonyl (C=O) groups is 1. The molecule has 0 radical (unpaired) electrons. The van der Waals surface area contributed by atoms with Crippen LogP contribution in [-0.2, 0) is 11.3 Å². The third kappa shape index (κ3) is 2.16. The summed E-state index contributed by atoms with van der Waals surface area (Å²) >= 11 is 3.30. The van der Waals surface area contributed by atoms with Gasteiger partial charge in [-0.2, -0.15) is 5.10 Å². The average Bonchev–Trinajstić information content (AvgIpc) is 2.87. The van der Waals surface area contributed by atoms with Gasteiger partial charge in [-0.05, 0) is 22.0 Å². The second-order valence-electron chi connectivity index (χ2n) is 3.12. The lowest BCUT2D eigenvalue weighted by Crippen LogP contribution is -2.06. The van der Waals surface area contributed by atoms with Crippen LogP contribution in [0.2, 0.25) is 0 Å². The number of ether oxygens (including phenoxy) is 1. The summed E-state index contributed by atoms with van der Waals surface area (Å²) in [4.78, 5) is 11.3. The first kappa shape index (κ1) is 10.9. The summed E-state index contributed by atoms with van der Waals surface area (Å²) in [6.45, 7) is 0.465. The predicted octanol–water partition coefficient (Wildman–Crippen LogP) is 2.07. The molecule has 16 heavy (non-hydrogen) atoms. The first-order valence-corrected chi connectivity index (χ1v) is 5.32. The Hall–Kier alpha value is -1.56. The minimum atomic E-state index is -0.480. The molecule has 0 atom stereocenters. The third-order valence-electron chi connectivity index (χ3n) is 2.05. The van der Waals surface area contributed by atoms with Crippen molar-refractivity contribution in [2.24, 2.45) is 0 Å². The van der Waals surface area contributed by atoms with Gasteiger partial charge >= 0.3 is 5.97 Å². The fraction of sp³-hybridized carbons (Fsp3) is 0.200. The normalized spacial score (nSPS) is 10.4. The first-order valence-electron chi connectivity index (χ1n) is 4.53. The number of rotatable bonds is 3. The molecule has 0 N–H and O–H groups in total. The number of hydrogen-bond acceptors (Lipinski definition) is 4. The van der Waals surface area contributed by atoms with Crippen molar-refractivity contribution < 1.29 is 13.9 Å². The highest BCUT2D eigenvalue weighted by molar-refractivity contribution is 9.10. The Morgan fingerprint density at radius 3 is 3.12 bits per heavy atom. The molecular formula is C10H9BrN2O3. The monoisotopic (exact) mass is 284 g/mol. The molecule has 84 valence electrons. The smallest absolute Gasteiger partial charge is 0.374 e. The molecule has 0 aromatic carbocycles. The van der Waals surface area contributed by atoms with E-state index < -0.39 is 5.97 Å². The molecule has 0 aliphatic rings. The van der Waals surface area contributed by atoms with Gasteiger partial charge in [0.1, 0.15) is 0 Å². The van der Waals surface area contributed by atoms with Crippen LogP contribution in [0.25, 0.3) is 0 Å². The van der Waals surface area contributed by atoms with Gasteiger partial charge in [0, 0.05) is 11.8 Å². The van der Waals surface area contributed by atoms with E-state index >= 15 is 0 Å². The molecule has 2 aromatic heterocycles. The van der Waals surface area contributed by atoms with Crippen molar-refractivity contribution in [2.75, 3.05) is 7.11 Å². The van der Waals surface area contributed by atoms with Crippen molar-refractivity contribution in [3.8, 4) is 0 Å². The second kappa shape index (κ2) is 4.52. The summed E-state index contributed by atoms with van der Waals surface area (Å²) in [6.07, 6.45) is 4.95. The lowest BCUT2D eigenvalue weighted by atomic mass is 10.2. The summed E-state index contributed by atoms with van der Waals surface area (Å²) in [7, 11) is 1.32. The van der Waals surface area contributed by atoms with Crippen molar-refractivity contribution >= 4 is 21.9 Å². The minimum absolute atomic E-state index is 0.217. The number of esters is 1. The Bertz CT molecular complexity index is 504. The van der Waals surface area contributed by atoms with E-state index in [1.165, 1.54) is 13.4 Å². The Morgan fingerprint density at radius 1 is 1.69 bits per heavy atom. The number of furan rings is 1. The fourth-order valence-electron chi connectivity index (χ4n) is 1.33. The van der Waals surface area contributed by atoms with Crippen molar-refractivity contribution in [3.63, 3.8) is 0 Å². The Morgan fingerprint density at radius 2 is 2.50 bits per heavy atom. The van der Waals surface area contributed by atoms with Crippen LogP contribution in [0.1, 0.15) is 16.1 Å². The van der Waals surface area contributed by atoms with Gasteiger partial charge in [-0.15, -0.1) is 0 Å². The second-order valence-corrected chi connectivity index (χ2v) is 4.04. The van der Waals surface area contributed by atoms with Crippen LogP contribution in [0.3, 0.4) is 0 Å². The zero-order valence-corrected chi connectivity index (χ0v) is 10.1. The van der Waals surface area contributed by atoms with Gasteiger partial charge in [-0.25, -0.2) is 4.79 Å². The van der Waals surface area contributed by atoms with Gasteiger partial charge < -0.3 is 9.15 Å². The number of hydrogen-bond donors (Lipinski definition) is 0. The Kier molecular flexibility index (Phi) is 3.09. The molecule has 0 saturated heterocycles. The molecule has 0 fully saturated rings. The SMILES string of the molecule is COC(=O)c1occc1Cn1cc(Br)cn1. The van der Waals surface area contributed by atoms with E-state index in [-0.39, 0.29) is 5.76 Å². The molecule has 5 nitrogen and oxygen atoms in total. The number of carbonyl (C=O) groups excluding carboxylic acids is 1. The molecule has 0 amide bonds. The lowest BCUT2D eigenvalue weighted by Gasteiger charge is -2.01. The molecule has 2 rings (SSSR count). The minimum Gasteiger partial charge on any atom is -0.463 e. The molecule has 0 bridgehead atoms. The molecular weight excluding hydrogens is 276 g/mol. The van der Waals surface area contributed by atoms with E-state index in [9.17, 15) is 4.79 Å². The van der Waals surface area contributed by atoms with Crippen LogP contribution in [0.5, 0.6) is 0 Å². The molecule has 0 spiro atoms. The van der Waals surface area contributed by atoms with Crippen LogP contribution in [0.15, 0.2) is 33.6 Å². The van der Waals surface area contributed by atoms with Crippen LogP contribution >= 0.6 is 15.9 Å². The van der Waals surface area contributed by atoms with Gasteiger partial charge in [0.15, 0.2) is 0 Å². The molecule has 0 aliphatic carbocycles. The number of nitrogens with zero attached hydrogens (tertiary/aromatic N) is 2. The Labute approximate surface area is 100 Å². The molecule has 6 heteroatoms. The summed E-state index contributed by atoms with van der Waals surface area (Å²) in [6, 6.07) is 1.72. The van der Waals surface area contributed by atoms with E-state index in [2.05, 4.69) is 25.8 Å². The van der Waals surface area contributed by atoms with Crippen molar-refractivity contribution in [1.29, 1.82) is 0 Å². The van der Waals surface area contributed by atoms with E-state index in [1.807, 2.05) is 6.20 Å². The average molecular weight is 285 g/mol. The maximum atomic E-state index is 11.3. The molecule has 2 heterocycles. The maximum Gasteiger partial charge on any atom is 0.374 e. The van der Waals surface area contributed by atoms with E-state index in [0.717, 1.165) is 10.0 Å². The highest BCUT2D eigenvalue weighted by Crippen LogP contribution is 2.14. The quantitative estimate of drug-likeness (QED) is 0.810. The van der Waals surface area contributed by atoms with Gasteiger partial charge in [0.05, 0.1) is 30.6 Å². The van der Waals surface area contributed by atoms with Crippen LogP contribution in [0, 0.1) is 0 Å². The molecule has 2 aromatic rings. The van der Waals surface area contributed by atoms with Crippen LogP contribution in [0.4, 0.5) is 0 Å². The molecule has 0 saturated carbocycles. The summed E-state index contributed by atoms with van der Waals surface area (Å²) in [5, 5.41) is 4.09. The largest absolute Gasteiger partial charge is 0.463 e. The number of aromatic nitrogens is 2. The maximum absolute atomic E-state index is 11.3. The van der Waals surface area contributed by atoms with Gasteiger partial charge in [0.25, 0.3) is 0 Å². The van der Waals surface area contributed by atoms with Gasteiger partial charge in [0.2, 0.25) is 5.76 Å². The molecule has 0 aliphatic heterocycles. The van der Waals surface area contributed by atoms with E-state index in [1.54, 1.807) is 16.9 Å². The zero-order chi connectivity index (χ0) is 11.5. The van der Waals surface area contributed by atoms with Crippen LogP contribution in [-0.4, -0.2) is 22.9 Å². The van der Waals surface area contributed by atoms with Crippen LogP contribution < -0.4 is 0 Å². The standard InChI is InChI=1S/C10H9BrN2O3/c1-15-10(14)9-7(2-3-16-9)5-13-6-8(11)4-12-13/h2-4,6H,5H2,1H3. The number of methoxy groups -OCH3 is 1. The highest BCUT2D eigenvalue weighted by Gasteiger charge is 2.16. The van der Waals surface area contributed by atoms with E-state index in [0.29, 0.717) is 6.54 Å². The van der Waals surface area contributed by atoms with Crippen molar-refractivity contribution in [3.05, 3.63) is 40.5 Å². The first-order chi connectivity index (χ1) is 7.70. The predicted molar refractivity (Wildman–Crippen MR) is 59.1 cm³/mol. The molecule has 0 unspecified atom stereocenters. The number of halogens is 1. The fourth-order valence-corrected chi connectivity index (χ4v) is 1.66. The Balaban J connectivity index is 2.22. The zero-order valence-electron chi connectivity index (χ0n) is 8.51. The van der Waals surface area contributed by atoms with E-state index in [4.69, 9.17) is 4.42 Å². The highest BCUT2D eigenvalue weighted by atomic mass is 79.9. The van der Waals surface area contributed by atoms with Gasteiger partial charge in [-0.1, -0.05) is 0 Å². The summed E-state index contributed by atoms with van der Waals surface area (Å²) < 4.78 is 12.3. The summed E-state index contributed by atoms with van der Waals surface area (Å²) in [5.41, 5.74) is 0.738. The topological polar surface area (TPSA) is 57.3 Å². The third-order valence-corrected chi connectivity index (χ3v) is 2.46. The van der Waals surface area contributed by atoms with Crippen molar-refractivity contribution in [2.45, 2.75) is 6.54 Å². The lowest BCUT2D eigenvalue weighted by molar-refractivity contribution is 0.0563. The summed E-state index contributed by atoms with van der Waals surface area (Å²) in [5.74, 6) is -0.264. The van der Waals surface area contributed by atoms with Gasteiger partial charge in [-0.3, -0.25) is 4.68 Å².